The Morgan fingerprint density at radius 2 is 2.21 bits per heavy atom. The highest BCUT2D eigenvalue weighted by molar-refractivity contribution is 9.10. The third kappa shape index (κ3) is 2.55. The first-order chi connectivity index (χ1) is 9.06. The molecule has 6 heteroatoms. The lowest BCUT2D eigenvalue weighted by molar-refractivity contribution is 0.0976. The molecular weight excluding hydrogens is 337 g/mol. The molecular formula is C13H6BrClFNO2. The molecule has 1 aromatic carbocycles. The van der Waals surface area contributed by atoms with Gasteiger partial charge < -0.3 is 4.42 Å². The summed E-state index contributed by atoms with van der Waals surface area (Å²) in [5, 5.41) is 9.19. The van der Waals surface area contributed by atoms with Gasteiger partial charge in [0.15, 0.2) is 10.5 Å². The van der Waals surface area contributed by atoms with E-state index in [4.69, 9.17) is 21.3 Å². The Morgan fingerprint density at radius 3 is 2.74 bits per heavy atom. The largest absolute Gasteiger partial charge is 0.457 e. The Balaban J connectivity index is 2.50. The molecule has 2 aromatic rings. The predicted octanol–water partition coefficient (Wildman–Crippen LogP) is 4.32. The highest BCUT2D eigenvalue weighted by Crippen LogP contribution is 2.31. The van der Waals surface area contributed by atoms with Crippen LogP contribution in [0.2, 0.25) is 5.02 Å². The Bertz CT molecular complexity index is 657. The van der Waals surface area contributed by atoms with Crippen molar-refractivity contribution in [2.45, 2.75) is 5.92 Å². The molecule has 0 aliphatic rings. The fourth-order valence-electron chi connectivity index (χ4n) is 1.67. The molecule has 0 saturated carbocycles. The molecule has 2 rings (SSSR count). The number of Topliss-reactive ketones (excluding diaryl/α,β-unsaturated/α-hetero) is 1. The lowest BCUT2D eigenvalue weighted by atomic mass is 9.92. The van der Waals surface area contributed by atoms with E-state index in [9.17, 15) is 9.18 Å². The molecule has 19 heavy (non-hydrogen) atoms. The average Bonchev–Trinajstić information content (AvgIpc) is 2.79. The summed E-state index contributed by atoms with van der Waals surface area (Å²) in [6.07, 6.45) is 1.30. The van der Waals surface area contributed by atoms with E-state index in [1.165, 1.54) is 24.5 Å². The molecule has 1 heterocycles. The summed E-state index contributed by atoms with van der Waals surface area (Å²) in [7, 11) is 0. The summed E-state index contributed by atoms with van der Waals surface area (Å²) in [5.74, 6) is -2.58. The molecule has 0 spiro atoms. The lowest BCUT2D eigenvalue weighted by Gasteiger charge is -2.10. The third-order valence-corrected chi connectivity index (χ3v) is 3.51. The van der Waals surface area contributed by atoms with Crippen LogP contribution in [-0.4, -0.2) is 5.78 Å². The molecule has 0 aliphatic carbocycles. The van der Waals surface area contributed by atoms with Crippen LogP contribution >= 0.6 is 27.5 Å². The van der Waals surface area contributed by atoms with Crippen LogP contribution in [0.3, 0.4) is 0 Å². The quantitative estimate of drug-likeness (QED) is 0.780. The van der Waals surface area contributed by atoms with Crippen molar-refractivity contribution in [1.29, 1.82) is 5.26 Å². The van der Waals surface area contributed by atoms with E-state index in [0.717, 1.165) is 6.07 Å². The average molecular weight is 343 g/mol. The molecule has 96 valence electrons. The minimum atomic E-state index is -1.32. The summed E-state index contributed by atoms with van der Waals surface area (Å²) in [6, 6.07) is 7.19. The first-order valence-corrected chi connectivity index (χ1v) is 6.34. The molecule has 0 N–H and O–H groups in total. The van der Waals surface area contributed by atoms with E-state index in [2.05, 4.69) is 15.9 Å². The Labute approximate surface area is 121 Å². The zero-order valence-electron chi connectivity index (χ0n) is 9.36. The van der Waals surface area contributed by atoms with Crippen molar-refractivity contribution in [2.75, 3.05) is 0 Å². The van der Waals surface area contributed by atoms with E-state index >= 15 is 0 Å². The molecule has 0 amide bonds. The number of furan rings is 1. The predicted molar refractivity (Wildman–Crippen MR) is 70.5 cm³/mol. The van der Waals surface area contributed by atoms with Crippen molar-refractivity contribution in [3.63, 3.8) is 0 Å². The number of hydrogen-bond donors (Lipinski definition) is 0. The first kappa shape index (κ1) is 13.8. The molecule has 0 bridgehead atoms. The third-order valence-electron chi connectivity index (χ3n) is 2.56. The van der Waals surface area contributed by atoms with Crippen molar-refractivity contribution in [1.82, 2.24) is 0 Å². The van der Waals surface area contributed by atoms with Crippen molar-refractivity contribution >= 4 is 33.3 Å². The SMILES string of the molecule is N#CC(C(=O)c1ccoc1Br)c1c(F)cccc1Cl. The van der Waals surface area contributed by atoms with Crippen LogP contribution in [0.4, 0.5) is 4.39 Å². The first-order valence-electron chi connectivity index (χ1n) is 5.17. The number of nitrogens with zero attached hydrogens (tertiary/aromatic N) is 1. The zero-order valence-corrected chi connectivity index (χ0v) is 11.7. The van der Waals surface area contributed by atoms with Crippen molar-refractivity contribution in [3.05, 3.63) is 57.2 Å². The summed E-state index contributed by atoms with van der Waals surface area (Å²) in [4.78, 5) is 12.2. The van der Waals surface area contributed by atoms with Crippen LogP contribution in [0.25, 0.3) is 0 Å². The molecule has 0 saturated heterocycles. The van der Waals surface area contributed by atoms with E-state index in [1.54, 1.807) is 6.07 Å². The fraction of sp³-hybridized carbons (Fsp3) is 0.0769. The van der Waals surface area contributed by atoms with Crippen LogP contribution in [0.1, 0.15) is 21.8 Å². The Kier molecular flexibility index (Phi) is 4.03. The van der Waals surface area contributed by atoms with Gasteiger partial charge in [-0.3, -0.25) is 4.79 Å². The number of ketones is 1. The van der Waals surface area contributed by atoms with Gasteiger partial charge in [-0.1, -0.05) is 17.7 Å². The molecule has 1 aromatic heterocycles. The molecule has 0 radical (unpaired) electrons. The van der Waals surface area contributed by atoms with Gasteiger partial charge in [0.2, 0.25) is 0 Å². The second-order valence-corrected chi connectivity index (χ2v) is 4.80. The number of rotatable bonds is 3. The van der Waals surface area contributed by atoms with E-state index in [1.807, 2.05) is 0 Å². The number of carbonyl (C=O) groups is 1. The Morgan fingerprint density at radius 1 is 1.47 bits per heavy atom. The van der Waals surface area contributed by atoms with Crippen molar-refractivity contribution in [3.8, 4) is 6.07 Å². The highest BCUT2D eigenvalue weighted by Gasteiger charge is 2.29. The van der Waals surface area contributed by atoms with Gasteiger partial charge in [0.25, 0.3) is 0 Å². The minimum absolute atomic E-state index is 0.0412. The second-order valence-electron chi connectivity index (χ2n) is 3.67. The van der Waals surface area contributed by atoms with Gasteiger partial charge in [-0.25, -0.2) is 4.39 Å². The van der Waals surface area contributed by atoms with Gasteiger partial charge in [0.05, 0.1) is 17.9 Å². The van der Waals surface area contributed by atoms with Gasteiger partial charge in [0, 0.05) is 10.6 Å². The zero-order chi connectivity index (χ0) is 14.0. The minimum Gasteiger partial charge on any atom is -0.457 e. The fourth-order valence-corrected chi connectivity index (χ4v) is 2.37. The molecule has 3 nitrogen and oxygen atoms in total. The molecule has 1 atom stereocenters. The van der Waals surface area contributed by atoms with Crippen molar-refractivity contribution < 1.29 is 13.6 Å². The van der Waals surface area contributed by atoms with Crippen LogP contribution in [0.15, 0.2) is 39.6 Å². The van der Waals surface area contributed by atoms with E-state index in [0.29, 0.717) is 0 Å². The maximum Gasteiger partial charge on any atom is 0.189 e. The number of nitriles is 1. The van der Waals surface area contributed by atoms with Crippen LogP contribution in [-0.2, 0) is 0 Å². The lowest BCUT2D eigenvalue weighted by Crippen LogP contribution is -2.13. The van der Waals surface area contributed by atoms with E-state index < -0.39 is 17.5 Å². The normalized spacial score (nSPS) is 11.9. The monoisotopic (exact) mass is 341 g/mol. The van der Waals surface area contributed by atoms with Crippen LogP contribution < -0.4 is 0 Å². The number of benzene rings is 1. The summed E-state index contributed by atoms with van der Waals surface area (Å²) >= 11 is 8.92. The standard InChI is InChI=1S/C13H6BrClFNO2/c14-13-7(4-5-19-13)12(18)8(6-17)11-9(15)2-1-3-10(11)16/h1-5,8H. The summed E-state index contributed by atoms with van der Waals surface area (Å²) in [6.45, 7) is 0. The van der Waals surface area contributed by atoms with Gasteiger partial charge >= 0.3 is 0 Å². The molecule has 0 aliphatic heterocycles. The topological polar surface area (TPSA) is 54.0 Å². The number of carbonyl (C=O) groups excluding carboxylic acids is 1. The highest BCUT2D eigenvalue weighted by atomic mass is 79.9. The second kappa shape index (κ2) is 5.55. The Hall–Kier alpha value is -1.64. The number of halogens is 3. The van der Waals surface area contributed by atoms with Gasteiger partial charge in [-0.2, -0.15) is 5.26 Å². The number of hydrogen-bond acceptors (Lipinski definition) is 3. The molecule has 0 fully saturated rings. The van der Waals surface area contributed by atoms with Crippen LogP contribution in [0.5, 0.6) is 0 Å². The molecule has 1 unspecified atom stereocenters. The summed E-state index contributed by atoms with van der Waals surface area (Å²) < 4.78 is 18.9. The smallest absolute Gasteiger partial charge is 0.189 e. The maximum atomic E-state index is 13.8. The van der Waals surface area contributed by atoms with Gasteiger partial charge in [0.1, 0.15) is 11.7 Å². The van der Waals surface area contributed by atoms with Crippen LogP contribution in [0, 0.1) is 17.1 Å². The summed E-state index contributed by atoms with van der Waals surface area (Å²) in [5.41, 5.74) is 0.0515. The van der Waals surface area contributed by atoms with Gasteiger partial charge in [-0.05, 0) is 34.1 Å². The van der Waals surface area contributed by atoms with Gasteiger partial charge in [-0.15, -0.1) is 0 Å². The maximum absolute atomic E-state index is 13.8. The van der Waals surface area contributed by atoms with E-state index in [-0.39, 0.29) is 20.8 Å². The van der Waals surface area contributed by atoms with Crippen molar-refractivity contribution in [2.24, 2.45) is 0 Å².